The number of rotatable bonds is 5. The van der Waals surface area contributed by atoms with E-state index in [0.717, 1.165) is 47.4 Å². The third kappa shape index (κ3) is 3.07. The number of halogens is 1. The minimum atomic E-state index is 0.730. The summed E-state index contributed by atoms with van der Waals surface area (Å²) >= 11 is 3.49. The zero-order chi connectivity index (χ0) is 12.3. The van der Waals surface area contributed by atoms with Gasteiger partial charge < -0.3 is 9.72 Å². The van der Waals surface area contributed by atoms with E-state index in [-0.39, 0.29) is 0 Å². The van der Waals surface area contributed by atoms with E-state index in [1.54, 1.807) is 0 Å². The van der Waals surface area contributed by atoms with Crippen molar-refractivity contribution in [3.05, 3.63) is 28.0 Å². The van der Waals surface area contributed by atoms with Gasteiger partial charge in [-0.1, -0.05) is 22.9 Å². The van der Waals surface area contributed by atoms with Crippen LogP contribution in [0.25, 0.3) is 11.0 Å². The van der Waals surface area contributed by atoms with Gasteiger partial charge in [0.2, 0.25) is 0 Å². The molecule has 0 radical (unpaired) electrons. The van der Waals surface area contributed by atoms with E-state index in [4.69, 9.17) is 4.74 Å². The van der Waals surface area contributed by atoms with Crippen molar-refractivity contribution in [2.75, 3.05) is 13.2 Å². The number of nitrogens with one attached hydrogen (secondary N) is 1. The summed E-state index contributed by atoms with van der Waals surface area (Å²) in [6, 6.07) is 4.15. The van der Waals surface area contributed by atoms with E-state index in [1.807, 2.05) is 0 Å². The Kier molecular flexibility index (Phi) is 4.18. The molecule has 0 amide bonds. The summed E-state index contributed by atoms with van der Waals surface area (Å²) in [6.07, 6.45) is 1.90. The number of ether oxygens (including phenoxy) is 1. The molecule has 0 aliphatic carbocycles. The van der Waals surface area contributed by atoms with Gasteiger partial charge in [-0.05, 0) is 31.0 Å². The van der Waals surface area contributed by atoms with E-state index in [2.05, 4.69) is 51.9 Å². The van der Waals surface area contributed by atoms with Crippen LogP contribution in [-0.2, 0) is 11.2 Å². The normalized spacial score (nSPS) is 11.2. The zero-order valence-corrected chi connectivity index (χ0v) is 11.8. The Morgan fingerprint density at radius 1 is 1.35 bits per heavy atom. The molecule has 1 heterocycles. The van der Waals surface area contributed by atoms with Crippen molar-refractivity contribution in [2.45, 2.75) is 26.7 Å². The lowest BCUT2D eigenvalue weighted by Gasteiger charge is -1.98. The molecule has 0 bridgehead atoms. The maximum atomic E-state index is 5.47. The van der Waals surface area contributed by atoms with Crippen LogP contribution in [0, 0.1) is 6.92 Å². The molecule has 0 saturated carbocycles. The second-order valence-electron chi connectivity index (χ2n) is 4.16. The largest absolute Gasteiger partial charge is 0.381 e. The lowest BCUT2D eigenvalue weighted by atomic mass is 10.2. The second-order valence-corrected chi connectivity index (χ2v) is 5.08. The Hall–Kier alpha value is -0.870. The van der Waals surface area contributed by atoms with Crippen LogP contribution >= 0.6 is 15.9 Å². The molecule has 0 aliphatic heterocycles. The predicted molar refractivity (Wildman–Crippen MR) is 73.3 cm³/mol. The number of aromatic nitrogens is 2. The molecule has 0 fully saturated rings. The number of H-pyrrole nitrogens is 1. The molecule has 0 saturated heterocycles. The number of benzene rings is 1. The van der Waals surface area contributed by atoms with Gasteiger partial charge in [0.05, 0.1) is 17.6 Å². The number of aryl methyl sites for hydroxylation is 1. The van der Waals surface area contributed by atoms with Crippen LogP contribution in [0.5, 0.6) is 0 Å². The molecule has 92 valence electrons. The summed E-state index contributed by atoms with van der Waals surface area (Å²) in [5.74, 6) is 0.998. The van der Waals surface area contributed by atoms with E-state index >= 15 is 0 Å². The maximum Gasteiger partial charge on any atom is 0.109 e. The summed E-state index contributed by atoms with van der Waals surface area (Å²) in [5, 5.41) is 0. The van der Waals surface area contributed by atoms with Gasteiger partial charge in [-0.25, -0.2) is 4.98 Å². The highest BCUT2D eigenvalue weighted by molar-refractivity contribution is 9.10. The highest BCUT2D eigenvalue weighted by Crippen LogP contribution is 2.22. The Labute approximate surface area is 110 Å². The minimum absolute atomic E-state index is 0.730. The van der Waals surface area contributed by atoms with E-state index < -0.39 is 0 Å². The smallest absolute Gasteiger partial charge is 0.109 e. The van der Waals surface area contributed by atoms with Crippen LogP contribution in [-0.4, -0.2) is 23.2 Å². The third-order valence-corrected chi connectivity index (χ3v) is 3.08. The highest BCUT2D eigenvalue weighted by Gasteiger charge is 2.06. The van der Waals surface area contributed by atoms with Crippen molar-refractivity contribution in [3.63, 3.8) is 0 Å². The van der Waals surface area contributed by atoms with Crippen molar-refractivity contribution in [1.29, 1.82) is 0 Å². The van der Waals surface area contributed by atoms with Crippen molar-refractivity contribution in [2.24, 2.45) is 0 Å². The molecular weight excluding hydrogens is 280 g/mol. The fourth-order valence-electron chi connectivity index (χ4n) is 1.83. The summed E-state index contributed by atoms with van der Waals surface area (Å²) in [7, 11) is 0. The number of hydrogen-bond acceptors (Lipinski definition) is 2. The average Bonchev–Trinajstić information content (AvgIpc) is 2.67. The minimum Gasteiger partial charge on any atom is -0.381 e. The van der Waals surface area contributed by atoms with Gasteiger partial charge in [0, 0.05) is 17.5 Å². The predicted octanol–water partition coefficient (Wildman–Crippen LogP) is 3.60. The SMILES string of the molecule is CCCOCCc1nc2c(C)cc(Br)cc2[nH]1. The van der Waals surface area contributed by atoms with Gasteiger partial charge in [0.15, 0.2) is 0 Å². The van der Waals surface area contributed by atoms with Crippen molar-refractivity contribution >= 4 is 27.0 Å². The summed E-state index contributed by atoms with van der Waals surface area (Å²) in [5.41, 5.74) is 3.33. The first kappa shape index (κ1) is 12.6. The molecule has 2 rings (SSSR count). The molecule has 1 aromatic heterocycles. The van der Waals surface area contributed by atoms with Crippen LogP contribution in [0.15, 0.2) is 16.6 Å². The van der Waals surface area contributed by atoms with Crippen LogP contribution in [0.1, 0.15) is 24.7 Å². The van der Waals surface area contributed by atoms with E-state index in [0.29, 0.717) is 0 Å². The molecule has 0 aliphatic rings. The van der Waals surface area contributed by atoms with Gasteiger partial charge in [-0.2, -0.15) is 0 Å². The van der Waals surface area contributed by atoms with Crippen molar-refractivity contribution in [3.8, 4) is 0 Å². The molecule has 17 heavy (non-hydrogen) atoms. The lowest BCUT2D eigenvalue weighted by Crippen LogP contribution is -2.00. The first-order valence-corrected chi connectivity index (χ1v) is 6.72. The quantitative estimate of drug-likeness (QED) is 0.856. The van der Waals surface area contributed by atoms with Crippen LogP contribution in [0.2, 0.25) is 0 Å². The first-order valence-electron chi connectivity index (χ1n) is 5.93. The van der Waals surface area contributed by atoms with Gasteiger partial charge in [0.25, 0.3) is 0 Å². The van der Waals surface area contributed by atoms with Crippen LogP contribution in [0.4, 0.5) is 0 Å². The van der Waals surface area contributed by atoms with E-state index in [9.17, 15) is 0 Å². The Morgan fingerprint density at radius 3 is 2.94 bits per heavy atom. The number of aromatic amines is 1. The molecule has 0 spiro atoms. The zero-order valence-electron chi connectivity index (χ0n) is 10.2. The molecule has 0 atom stereocenters. The Morgan fingerprint density at radius 2 is 2.18 bits per heavy atom. The topological polar surface area (TPSA) is 37.9 Å². The van der Waals surface area contributed by atoms with Crippen molar-refractivity contribution in [1.82, 2.24) is 9.97 Å². The number of hydrogen-bond donors (Lipinski definition) is 1. The maximum absolute atomic E-state index is 5.47. The molecule has 1 N–H and O–H groups in total. The Balaban J connectivity index is 2.12. The number of imidazole rings is 1. The third-order valence-electron chi connectivity index (χ3n) is 2.62. The van der Waals surface area contributed by atoms with E-state index in [1.165, 1.54) is 5.56 Å². The summed E-state index contributed by atoms with van der Waals surface area (Å²) < 4.78 is 6.55. The number of fused-ring (bicyclic) bond motifs is 1. The Bertz CT molecular complexity index is 507. The molecule has 0 unspecified atom stereocenters. The van der Waals surface area contributed by atoms with Gasteiger partial charge >= 0.3 is 0 Å². The van der Waals surface area contributed by atoms with Crippen LogP contribution in [0.3, 0.4) is 0 Å². The van der Waals surface area contributed by atoms with Crippen molar-refractivity contribution < 1.29 is 4.74 Å². The molecule has 2 aromatic rings. The molecular formula is C13H17BrN2O. The fraction of sp³-hybridized carbons (Fsp3) is 0.462. The molecule has 1 aromatic carbocycles. The molecule has 4 heteroatoms. The number of nitrogens with zero attached hydrogens (tertiary/aromatic N) is 1. The highest BCUT2D eigenvalue weighted by atomic mass is 79.9. The summed E-state index contributed by atoms with van der Waals surface area (Å²) in [6.45, 7) is 5.74. The van der Waals surface area contributed by atoms with Gasteiger partial charge in [-0.3, -0.25) is 0 Å². The second kappa shape index (κ2) is 5.65. The standard InChI is InChI=1S/C13H17BrN2O/c1-3-5-17-6-4-12-15-11-8-10(14)7-9(2)13(11)16-12/h7-8H,3-6H2,1-2H3,(H,15,16). The average molecular weight is 297 g/mol. The van der Waals surface area contributed by atoms with Gasteiger partial charge in [-0.15, -0.1) is 0 Å². The first-order chi connectivity index (χ1) is 8.20. The van der Waals surface area contributed by atoms with Crippen LogP contribution < -0.4 is 0 Å². The van der Waals surface area contributed by atoms with Gasteiger partial charge in [0.1, 0.15) is 5.82 Å². The lowest BCUT2D eigenvalue weighted by molar-refractivity contribution is 0.137. The molecule has 3 nitrogen and oxygen atoms in total. The monoisotopic (exact) mass is 296 g/mol. The summed E-state index contributed by atoms with van der Waals surface area (Å²) in [4.78, 5) is 7.93. The fourth-order valence-corrected chi connectivity index (χ4v) is 2.40.